The smallest absolute Gasteiger partial charge is 0.138 e. The molecule has 3 nitrogen and oxygen atoms in total. The quantitative estimate of drug-likeness (QED) is 0.755. The molecule has 0 spiro atoms. The van der Waals surface area contributed by atoms with Gasteiger partial charge in [0.25, 0.3) is 0 Å². The normalized spacial score (nSPS) is 45.8. The Bertz CT molecular complexity index is 357. The molecule has 2 fully saturated rings. The van der Waals surface area contributed by atoms with Crippen LogP contribution in [0.1, 0.15) is 59.8 Å². The minimum atomic E-state index is -0.939. The van der Waals surface area contributed by atoms with Crippen molar-refractivity contribution in [3.05, 3.63) is 0 Å². The molecule has 0 aromatic heterocycles. The van der Waals surface area contributed by atoms with Gasteiger partial charge in [-0.05, 0) is 50.9 Å². The van der Waals surface area contributed by atoms with Crippen molar-refractivity contribution in [3.63, 3.8) is 0 Å². The van der Waals surface area contributed by atoms with Crippen molar-refractivity contribution in [2.24, 2.45) is 17.3 Å². The second kappa shape index (κ2) is 4.04. The third kappa shape index (κ3) is 1.92. The van der Waals surface area contributed by atoms with Crippen molar-refractivity contribution < 1.29 is 15.0 Å². The molecule has 3 heteroatoms. The summed E-state index contributed by atoms with van der Waals surface area (Å²) in [6.45, 7) is 7.57. The number of fused-ring (bicyclic) bond motifs is 1. The minimum Gasteiger partial charge on any atom is -0.390 e. The third-order valence-corrected chi connectivity index (χ3v) is 5.77. The number of carbonyl (C=O) groups excluding carboxylic acids is 1. The summed E-state index contributed by atoms with van der Waals surface area (Å²) in [5.74, 6) is -0.0586. The van der Waals surface area contributed by atoms with Crippen molar-refractivity contribution in [2.75, 3.05) is 0 Å². The topological polar surface area (TPSA) is 57.5 Å². The number of Topliss-reactive ketones (excluding diaryl/α,β-unsaturated/α-hetero) is 1. The van der Waals surface area contributed by atoms with Crippen LogP contribution in [0.15, 0.2) is 0 Å². The van der Waals surface area contributed by atoms with E-state index in [9.17, 15) is 15.0 Å². The van der Waals surface area contributed by atoms with Crippen LogP contribution in [0.3, 0.4) is 0 Å². The molecule has 0 aromatic carbocycles. The van der Waals surface area contributed by atoms with Gasteiger partial charge < -0.3 is 10.2 Å². The van der Waals surface area contributed by atoms with Gasteiger partial charge >= 0.3 is 0 Å². The van der Waals surface area contributed by atoms with Crippen LogP contribution in [0.25, 0.3) is 0 Å². The van der Waals surface area contributed by atoms with Gasteiger partial charge in [-0.15, -0.1) is 0 Å². The molecule has 0 radical (unpaired) electrons. The summed E-state index contributed by atoms with van der Waals surface area (Å²) >= 11 is 0. The summed E-state index contributed by atoms with van der Waals surface area (Å²) in [6, 6.07) is 0. The van der Waals surface area contributed by atoms with Gasteiger partial charge in [-0.3, -0.25) is 4.79 Å². The molecule has 104 valence electrons. The number of ketones is 1. The molecule has 0 bridgehead atoms. The maximum absolute atomic E-state index is 11.9. The highest BCUT2D eigenvalue weighted by Gasteiger charge is 2.59. The van der Waals surface area contributed by atoms with E-state index in [1.165, 1.54) is 0 Å². The molecular weight excluding hydrogens is 228 g/mol. The molecule has 2 N–H and O–H groups in total. The van der Waals surface area contributed by atoms with Crippen LogP contribution >= 0.6 is 0 Å². The fourth-order valence-electron chi connectivity index (χ4n) is 3.96. The molecule has 4 atom stereocenters. The summed E-state index contributed by atoms with van der Waals surface area (Å²) in [6.07, 6.45) is 3.75. The molecule has 0 aliphatic heterocycles. The SMILES string of the molecule is C[C@H]1C(=O)CC[C@]2(C)CCC(C(C)(C)O)CC12O. The molecule has 0 amide bonds. The number of aliphatic hydroxyl groups is 2. The molecule has 2 aliphatic rings. The van der Waals surface area contributed by atoms with E-state index in [0.29, 0.717) is 12.8 Å². The maximum atomic E-state index is 11.9. The van der Waals surface area contributed by atoms with Gasteiger partial charge in [-0.1, -0.05) is 13.8 Å². The number of hydrogen-bond donors (Lipinski definition) is 2. The van der Waals surface area contributed by atoms with E-state index in [1.807, 2.05) is 6.92 Å². The van der Waals surface area contributed by atoms with Crippen molar-refractivity contribution in [3.8, 4) is 0 Å². The summed E-state index contributed by atoms with van der Waals surface area (Å²) in [4.78, 5) is 11.9. The fraction of sp³-hybridized carbons (Fsp3) is 0.933. The Labute approximate surface area is 110 Å². The van der Waals surface area contributed by atoms with E-state index in [1.54, 1.807) is 13.8 Å². The van der Waals surface area contributed by atoms with Crippen molar-refractivity contribution in [1.29, 1.82) is 0 Å². The first kappa shape index (κ1) is 14.0. The zero-order chi connectivity index (χ0) is 13.8. The zero-order valence-electron chi connectivity index (χ0n) is 12.0. The van der Waals surface area contributed by atoms with Crippen molar-refractivity contribution >= 4 is 5.78 Å². The first-order valence-electron chi connectivity index (χ1n) is 7.08. The molecule has 0 aromatic rings. The van der Waals surface area contributed by atoms with Crippen LogP contribution in [-0.2, 0) is 4.79 Å². The molecule has 0 saturated heterocycles. The minimum absolute atomic E-state index is 0.0731. The average Bonchev–Trinajstić information content (AvgIpc) is 2.26. The standard InChI is InChI=1S/C15H26O3/c1-10-12(16)6-8-14(4)7-5-11(13(2,3)17)9-15(10,14)18/h10-11,17-18H,5-9H2,1-4H3/t10-,11?,14-,15?/m0/s1. The molecule has 2 rings (SSSR count). The van der Waals surface area contributed by atoms with E-state index in [0.717, 1.165) is 19.3 Å². The molecule has 2 unspecified atom stereocenters. The van der Waals surface area contributed by atoms with Gasteiger partial charge in [0.15, 0.2) is 0 Å². The van der Waals surface area contributed by atoms with Gasteiger partial charge in [0.2, 0.25) is 0 Å². The second-order valence-electron chi connectivity index (χ2n) is 7.27. The first-order valence-corrected chi connectivity index (χ1v) is 7.08. The number of carbonyl (C=O) groups is 1. The van der Waals surface area contributed by atoms with Crippen LogP contribution in [-0.4, -0.2) is 27.2 Å². The Balaban J connectivity index is 2.32. The third-order valence-electron chi connectivity index (χ3n) is 5.77. The fourth-order valence-corrected chi connectivity index (χ4v) is 3.96. The lowest BCUT2D eigenvalue weighted by atomic mass is 9.50. The lowest BCUT2D eigenvalue weighted by molar-refractivity contribution is -0.195. The van der Waals surface area contributed by atoms with Gasteiger partial charge in [0.1, 0.15) is 5.78 Å². The van der Waals surface area contributed by atoms with E-state index < -0.39 is 11.2 Å². The van der Waals surface area contributed by atoms with Crippen molar-refractivity contribution in [1.82, 2.24) is 0 Å². The Morgan fingerprint density at radius 1 is 1.33 bits per heavy atom. The van der Waals surface area contributed by atoms with Gasteiger partial charge in [0.05, 0.1) is 11.2 Å². The summed E-state index contributed by atoms with van der Waals surface area (Å²) in [5.41, 5.74) is -1.88. The largest absolute Gasteiger partial charge is 0.390 e. The predicted octanol–water partition coefficient (Wildman–Crippen LogP) is 2.29. The van der Waals surface area contributed by atoms with Crippen molar-refractivity contribution in [2.45, 2.75) is 71.0 Å². The highest BCUT2D eigenvalue weighted by atomic mass is 16.3. The van der Waals surface area contributed by atoms with E-state index >= 15 is 0 Å². The Morgan fingerprint density at radius 3 is 2.50 bits per heavy atom. The zero-order valence-corrected chi connectivity index (χ0v) is 12.0. The monoisotopic (exact) mass is 254 g/mol. The van der Waals surface area contributed by atoms with Gasteiger partial charge in [-0.25, -0.2) is 0 Å². The highest BCUT2D eigenvalue weighted by Crippen LogP contribution is 2.56. The highest BCUT2D eigenvalue weighted by molar-refractivity contribution is 5.83. The molecule has 2 saturated carbocycles. The van der Waals surface area contributed by atoms with Crippen LogP contribution in [0.4, 0.5) is 0 Å². The predicted molar refractivity (Wildman–Crippen MR) is 70.1 cm³/mol. The lowest BCUT2D eigenvalue weighted by Crippen LogP contribution is -2.61. The molecule has 0 heterocycles. The van der Waals surface area contributed by atoms with E-state index in [-0.39, 0.29) is 23.0 Å². The van der Waals surface area contributed by atoms with E-state index in [4.69, 9.17) is 0 Å². The van der Waals surface area contributed by atoms with Crippen LogP contribution < -0.4 is 0 Å². The van der Waals surface area contributed by atoms with Gasteiger partial charge in [-0.2, -0.15) is 0 Å². The first-order chi connectivity index (χ1) is 8.10. The molecule has 18 heavy (non-hydrogen) atoms. The average molecular weight is 254 g/mol. The maximum Gasteiger partial charge on any atom is 0.138 e. The van der Waals surface area contributed by atoms with E-state index in [2.05, 4.69) is 6.92 Å². The summed E-state index contributed by atoms with van der Waals surface area (Å²) in [5, 5.41) is 21.3. The summed E-state index contributed by atoms with van der Waals surface area (Å²) < 4.78 is 0. The second-order valence-corrected chi connectivity index (χ2v) is 7.27. The number of hydrogen-bond acceptors (Lipinski definition) is 3. The number of rotatable bonds is 1. The Morgan fingerprint density at radius 2 is 1.94 bits per heavy atom. The lowest BCUT2D eigenvalue weighted by Gasteiger charge is -2.57. The van der Waals surface area contributed by atoms with Crippen LogP contribution in [0, 0.1) is 17.3 Å². The molecular formula is C15H26O3. The van der Waals surface area contributed by atoms with Crippen LogP contribution in [0.2, 0.25) is 0 Å². The Kier molecular flexibility index (Phi) is 3.14. The Hall–Kier alpha value is -0.410. The van der Waals surface area contributed by atoms with Crippen LogP contribution in [0.5, 0.6) is 0 Å². The molecule has 2 aliphatic carbocycles. The summed E-state index contributed by atoms with van der Waals surface area (Å²) in [7, 11) is 0. The van der Waals surface area contributed by atoms with Gasteiger partial charge in [0, 0.05) is 12.3 Å².